The van der Waals surface area contributed by atoms with Crippen LogP contribution in [-0.4, -0.2) is 68.1 Å². The number of halogens is 2. The van der Waals surface area contributed by atoms with Crippen LogP contribution in [0.1, 0.15) is 48.8 Å². The predicted octanol–water partition coefficient (Wildman–Crippen LogP) is 5.61. The van der Waals surface area contributed by atoms with Gasteiger partial charge < -0.3 is 24.2 Å². The Labute approximate surface area is 287 Å². The molecular formula is C34H36Cl2N3O7S+. The lowest BCUT2D eigenvalue weighted by atomic mass is 9.85. The molecule has 1 aliphatic heterocycles. The van der Waals surface area contributed by atoms with Crippen LogP contribution < -0.4 is 19.5 Å². The van der Waals surface area contributed by atoms with E-state index in [9.17, 15) is 19.9 Å². The maximum absolute atomic E-state index is 13.3. The summed E-state index contributed by atoms with van der Waals surface area (Å²) in [6.07, 6.45) is 2.86. The van der Waals surface area contributed by atoms with E-state index in [-0.39, 0.29) is 27.9 Å². The molecular weight excluding hydrogens is 665 g/mol. The molecule has 5 rings (SSSR count). The van der Waals surface area contributed by atoms with E-state index in [1.165, 1.54) is 26.6 Å². The molecule has 0 amide bonds. The lowest BCUT2D eigenvalue weighted by Crippen LogP contribution is -2.46. The number of methoxy groups -OCH3 is 2. The highest BCUT2D eigenvalue weighted by atomic mass is 35.5. The van der Waals surface area contributed by atoms with Gasteiger partial charge >= 0.3 is 11.9 Å². The molecule has 0 aliphatic carbocycles. The fourth-order valence-electron chi connectivity index (χ4n) is 5.79. The molecule has 4 aromatic rings. The number of nitrogens with zero attached hydrogens (tertiary/aromatic N) is 2. The smallest absolute Gasteiger partial charge is 0.346 e. The fourth-order valence-corrected chi connectivity index (χ4v) is 7.41. The largest absolute Gasteiger partial charge is 0.493 e. The van der Waals surface area contributed by atoms with Crippen LogP contribution in [0.4, 0.5) is 0 Å². The number of pyridine rings is 1. The van der Waals surface area contributed by atoms with Gasteiger partial charge in [-0.15, -0.1) is 11.3 Å². The maximum Gasteiger partial charge on any atom is 0.346 e. The molecule has 1 aliphatic rings. The number of benzene rings is 2. The van der Waals surface area contributed by atoms with Crippen molar-refractivity contribution in [2.24, 2.45) is 5.92 Å². The van der Waals surface area contributed by atoms with Crippen molar-refractivity contribution in [3.05, 3.63) is 109 Å². The summed E-state index contributed by atoms with van der Waals surface area (Å²) in [7, 11) is 5.08. The van der Waals surface area contributed by atoms with Crippen LogP contribution in [0.15, 0.2) is 67.0 Å². The molecule has 10 nitrogen and oxygen atoms in total. The Morgan fingerprint density at radius 1 is 1.02 bits per heavy atom. The van der Waals surface area contributed by atoms with E-state index >= 15 is 0 Å². The van der Waals surface area contributed by atoms with Gasteiger partial charge in [0.1, 0.15) is 21.0 Å². The zero-order valence-electron chi connectivity index (χ0n) is 26.1. The molecule has 1 fully saturated rings. The first-order valence-electron chi connectivity index (χ1n) is 14.9. The first kappa shape index (κ1) is 34.5. The highest BCUT2D eigenvalue weighted by Gasteiger charge is 2.30. The van der Waals surface area contributed by atoms with Crippen molar-refractivity contribution in [2.45, 2.75) is 24.9 Å². The Morgan fingerprint density at radius 2 is 1.70 bits per heavy atom. The Balaban J connectivity index is 1.48. The second-order valence-corrected chi connectivity index (χ2v) is 13.4. The van der Waals surface area contributed by atoms with Crippen LogP contribution in [0.5, 0.6) is 11.5 Å². The van der Waals surface area contributed by atoms with E-state index in [0.29, 0.717) is 40.0 Å². The minimum atomic E-state index is -1.09. The molecule has 1 saturated heterocycles. The van der Waals surface area contributed by atoms with Gasteiger partial charge in [0.25, 0.3) is 0 Å². The summed E-state index contributed by atoms with van der Waals surface area (Å²) in [5.41, 5.74) is 2.55. The summed E-state index contributed by atoms with van der Waals surface area (Å²) in [5, 5.41) is 24.1. The van der Waals surface area contributed by atoms with Crippen molar-refractivity contribution in [1.29, 1.82) is 0 Å². The van der Waals surface area contributed by atoms with Gasteiger partial charge in [-0.05, 0) is 48.4 Å². The molecule has 47 heavy (non-hydrogen) atoms. The average molecular weight is 702 g/mol. The van der Waals surface area contributed by atoms with Crippen molar-refractivity contribution in [3.63, 3.8) is 0 Å². The molecule has 2 aromatic heterocycles. The SMILES string of the molecule is COc1ccc([C@H](Cc2c(Cl)c[n+](O)cc2Cl)c2cc(CNC(C(=O)OCC3CN(C)C3)c3ccccc3)sc2C(=O)O)cc1OC. The van der Waals surface area contributed by atoms with Crippen molar-refractivity contribution in [1.82, 2.24) is 10.2 Å². The Morgan fingerprint density at radius 3 is 2.32 bits per heavy atom. The number of aromatic carboxylic acids is 1. The van der Waals surface area contributed by atoms with Crippen LogP contribution in [0.3, 0.4) is 0 Å². The van der Waals surface area contributed by atoms with E-state index < -0.39 is 23.9 Å². The predicted molar refractivity (Wildman–Crippen MR) is 178 cm³/mol. The van der Waals surface area contributed by atoms with Crippen molar-refractivity contribution >= 4 is 46.5 Å². The minimum absolute atomic E-state index is 0.134. The summed E-state index contributed by atoms with van der Waals surface area (Å²) in [6.45, 7) is 2.32. The average Bonchev–Trinajstić information content (AvgIpc) is 3.46. The third kappa shape index (κ3) is 8.17. The van der Waals surface area contributed by atoms with Gasteiger partial charge in [-0.25, -0.2) is 9.59 Å². The number of esters is 1. The minimum Gasteiger partial charge on any atom is -0.493 e. The van der Waals surface area contributed by atoms with Crippen LogP contribution in [0.25, 0.3) is 0 Å². The molecule has 0 bridgehead atoms. The summed E-state index contributed by atoms with van der Waals surface area (Å²) < 4.78 is 17.5. The molecule has 2 atom stereocenters. The third-order valence-electron chi connectivity index (χ3n) is 8.12. The molecule has 0 radical (unpaired) electrons. The topological polar surface area (TPSA) is 121 Å². The van der Waals surface area contributed by atoms with Gasteiger partial charge in [-0.2, -0.15) is 0 Å². The highest BCUT2D eigenvalue weighted by molar-refractivity contribution is 7.14. The van der Waals surface area contributed by atoms with Crippen LogP contribution >= 0.6 is 34.5 Å². The number of carboxylic acids is 1. The summed E-state index contributed by atoms with van der Waals surface area (Å²) >= 11 is 14.2. The normalized spacial score (nSPS) is 14.7. The number of hydrogen-bond donors (Lipinski definition) is 3. The quantitative estimate of drug-likeness (QED) is 0.0876. The lowest BCUT2D eigenvalue weighted by molar-refractivity contribution is -0.904. The number of carboxylic acid groups (broad SMARTS) is 1. The number of likely N-dealkylation sites (tertiary alicyclic amines) is 1. The molecule has 0 spiro atoms. The van der Waals surface area contributed by atoms with Crippen LogP contribution in [0, 0.1) is 5.92 Å². The molecule has 3 heterocycles. The number of rotatable bonds is 14. The number of ether oxygens (including phenoxy) is 3. The molecule has 248 valence electrons. The van der Waals surface area contributed by atoms with Gasteiger partial charge in [0, 0.05) is 46.6 Å². The highest BCUT2D eigenvalue weighted by Crippen LogP contribution is 2.41. The second kappa shape index (κ2) is 15.4. The summed E-state index contributed by atoms with van der Waals surface area (Å²) in [6, 6.07) is 15.8. The zero-order valence-corrected chi connectivity index (χ0v) is 28.4. The standard InChI is InChI=1S/C34H35Cl2N3O7S/c1-38-15-20(16-38)19-46-34(42)31(21-7-5-4-6-8-21)37-14-23-12-25(32(47-23)33(40)41)24(13-26-27(35)17-39(43)18-28(26)36)22-9-10-29(44-2)30(11-22)45-3/h4-12,17-18,20,24,31,37H,13-16,19H2,1-3H3,(H-,40,41,43)/p+1/t24-,31?/m0/s1. The van der Waals surface area contributed by atoms with E-state index in [1.807, 2.05) is 49.5 Å². The monoisotopic (exact) mass is 700 g/mol. The second-order valence-electron chi connectivity index (χ2n) is 11.4. The molecule has 1 unspecified atom stereocenters. The summed E-state index contributed by atoms with van der Waals surface area (Å²) in [5.74, 6) is -0.723. The molecule has 3 N–H and O–H groups in total. The van der Waals surface area contributed by atoms with Gasteiger partial charge in [-0.3, -0.25) is 10.5 Å². The van der Waals surface area contributed by atoms with Crippen molar-refractivity contribution < 1.29 is 38.8 Å². The lowest BCUT2D eigenvalue weighted by Gasteiger charge is -2.35. The molecule has 13 heteroatoms. The van der Waals surface area contributed by atoms with Gasteiger partial charge in [0.15, 0.2) is 11.5 Å². The number of hydrogen-bond acceptors (Lipinski definition) is 9. The summed E-state index contributed by atoms with van der Waals surface area (Å²) in [4.78, 5) is 29.0. The van der Waals surface area contributed by atoms with Crippen molar-refractivity contribution in [3.8, 4) is 11.5 Å². The number of thiophene rings is 1. The molecule has 2 aromatic carbocycles. The van der Waals surface area contributed by atoms with Gasteiger partial charge in [-0.1, -0.05) is 59.6 Å². The van der Waals surface area contributed by atoms with Gasteiger partial charge in [0.05, 0.1) is 20.8 Å². The Kier molecular flexibility index (Phi) is 11.3. The van der Waals surface area contributed by atoms with Crippen LogP contribution in [0.2, 0.25) is 10.0 Å². The van der Waals surface area contributed by atoms with E-state index in [2.05, 4.69) is 10.2 Å². The third-order valence-corrected chi connectivity index (χ3v) is 9.91. The van der Waals surface area contributed by atoms with Gasteiger partial charge in [0.2, 0.25) is 12.4 Å². The fraction of sp³-hybridized carbons (Fsp3) is 0.324. The van der Waals surface area contributed by atoms with Crippen LogP contribution in [-0.2, 0) is 22.5 Å². The number of aromatic nitrogens is 1. The first-order chi connectivity index (χ1) is 22.6. The number of carbonyl (C=O) groups is 2. The van der Waals surface area contributed by atoms with E-state index in [1.54, 1.807) is 12.1 Å². The van der Waals surface area contributed by atoms with E-state index in [4.69, 9.17) is 37.4 Å². The zero-order chi connectivity index (χ0) is 33.7. The van der Waals surface area contributed by atoms with Crippen molar-refractivity contribution in [2.75, 3.05) is 41.0 Å². The first-order valence-corrected chi connectivity index (χ1v) is 16.4. The Bertz CT molecular complexity index is 1710. The Hall–Kier alpha value is -3.87. The maximum atomic E-state index is 13.3. The molecule has 0 saturated carbocycles. The number of carbonyl (C=O) groups excluding carboxylic acids is 1. The van der Waals surface area contributed by atoms with E-state index in [0.717, 1.165) is 40.3 Å². The number of nitrogens with one attached hydrogen (secondary N) is 1.